The third-order valence-electron chi connectivity index (χ3n) is 8.61. The molecule has 4 amide bonds. The van der Waals surface area contributed by atoms with Gasteiger partial charge in [0.15, 0.2) is 6.61 Å². The van der Waals surface area contributed by atoms with Crippen LogP contribution < -0.4 is 10.1 Å². The van der Waals surface area contributed by atoms with E-state index < -0.39 is 5.91 Å². The Morgan fingerprint density at radius 2 is 1.67 bits per heavy atom. The Bertz CT molecular complexity index is 1330. The Morgan fingerprint density at radius 1 is 0.930 bits per heavy atom. The van der Waals surface area contributed by atoms with Crippen molar-refractivity contribution in [1.29, 1.82) is 0 Å². The van der Waals surface area contributed by atoms with Gasteiger partial charge in [0.1, 0.15) is 11.4 Å². The molecule has 0 aliphatic carbocycles. The molecule has 12 nitrogen and oxygen atoms in total. The van der Waals surface area contributed by atoms with Crippen LogP contribution in [0.3, 0.4) is 0 Å². The minimum Gasteiger partial charge on any atom is -0.483 e. The number of aromatic nitrogens is 1. The molecule has 0 spiro atoms. The predicted molar refractivity (Wildman–Crippen MR) is 160 cm³/mol. The maximum absolute atomic E-state index is 13.1. The van der Waals surface area contributed by atoms with Crippen molar-refractivity contribution >= 4 is 34.7 Å². The second-order valence-electron chi connectivity index (χ2n) is 11.7. The molecule has 2 atom stereocenters. The van der Waals surface area contributed by atoms with Crippen LogP contribution in [0.4, 0.5) is 4.79 Å². The fourth-order valence-electron chi connectivity index (χ4n) is 6.13. The number of amides is 4. The summed E-state index contributed by atoms with van der Waals surface area (Å²) in [4.78, 5) is 63.0. The molecule has 5 rings (SSSR count). The number of hydrogen-bond acceptors (Lipinski definition) is 8. The van der Waals surface area contributed by atoms with E-state index in [2.05, 4.69) is 22.2 Å². The summed E-state index contributed by atoms with van der Waals surface area (Å²) in [7, 11) is 2.13. The number of fused-ring (bicyclic) bond motifs is 2. The van der Waals surface area contributed by atoms with Crippen molar-refractivity contribution in [1.82, 2.24) is 29.9 Å². The lowest BCUT2D eigenvalue weighted by Gasteiger charge is -2.34. The van der Waals surface area contributed by atoms with E-state index in [1.165, 1.54) is 6.07 Å². The zero-order valence-electron chi connectivity index (χ0n) is 25.1. The average molecular weight is 595 g/mol. The van der Waals surface area contributed by atoms with E-state index in [4.69, 9.17) is 9.47 Å². The second kappa shape index (κ2) is 14.0. The number of benzene rings is 1. The lowest BCUT2D eigenvalue weighted by Crippen LogP contribution is -2.52. The zero-order valence-corrected chi connectivity index (χ0v) is 25.1. The van der Waals surface area contributed by atoms with Gasteiger partial charge in [0.2, 0.25) is 5.91 Å². The molecule has 0 radical (unpaired) electrons. The summed E-state index contributed by atoms with van der Waals surface area (Å²) < 4.78 is 11.3. The van der Waals surface area contributed by atoms with E-state index in [1.54, 1.807) is 15.9 Å². The molecule has 0 bridgehead atoms. The first-order valence-corrected chi connectivity index (χ1v) is 15.3. The topological polar surface area (TPSA) is 125 Å². The molecule has 232 valence electrons. The minimum atomic E-state index is -0.513. The van der Waals surface area contributed by atoms with E-state index in [-0.39, 0.29) is 36.8 Å². The molecule has 1 aromatic carbocycles. The Hall–Kier alpha value is -3.93. The van der Waals surface area contributed by atoms with E-state index in [1.807, 2.05) is 30.0 Å². The second-order valence-corrected chi connectivity index (χ2v) is 11.7. The maximum Gasteiger partial charge on any atom is 0.409 e. The monoisotopic (exact) mass is 594 g/mol. The SMILES string of the molecule is CCCCOC(=O)N1CCN(C(=O)CNC(=O)c2cc(OCC(=O)N3CCC4CN(C)CC4C3)c3ccccc3n2)CC1. The standard InChI is InChI=1S/C31H42N6O6/c1-3-4-15-42-31(41)36-13-11-35(12-14-36)28(38)17-32-30(40)26-16-27(24-7-5-6-8-25(24)33-26)43-21-29(39)37-10-9-22-18-34(2)19-23(22)20-37/h5-8,16,22-23H,3-4,9-15,17-21H2,1-2H3,(H,32,40). The number of piperazine rings is 1. The van der Waals surface area contributed by atoms with Gasteiger partial charge in [0.25, 0.3) is 11.8 Å². The van der Waals surface area contributed by atoms with Crippen molar-refractivity contribution in [3.05, 3.63) is 36.0 Å². The lowest BCUT2D eigenvalue weighted by atomic mass is 9.89. The summed E-state index contributed by atoms with van der Waals surface area (Å²) in [6, 6.07) is 8.81. The molecule has 2 unspecified atom stereocenters. The first kappa shape index (κ1) is 30.5. The molecular formula is C31H42N6O6. The number of nitrogens with one attached hydrogen (secondary N) is 1. The summed E-state index contributed by atoms with van der Waals surface area (Å²) in [6.45, 7) is 7.17. The number of nitrogens with zero attached hydrogens (tertiary/aromatic N) is 5. The third-order valence-corrected chi connectivity index (χ3v) is 8.61. The van der Waals surface area contributed by atoms with Crippen LogP contribution in [0.15, 0.2) is 30.3 Å². The highest BCUT2D eigenvalue weighted by molar-refractivity contribution is 5.98. The van der Waals surface area contributed by atoms with Crippen LogP contribution in [0.2, 0.25) is 0 Å². The summed E-state index contributed by atoms with van der Waals surface area (Å²) in [5, 5.41) is 3.36. The van der Waals surface area contributed by atoms with Gasteiger partial charge in [-0.15, -0.1) is 0 Å². The van der Waals surface area contributed by atoms with Crippen molar-refractivity contribution in [2.45, 2.75) is 26.2 Å². The molecule has 3 fully saturated rings. The van der Waals surface area contributed by atoms with Gasteiger partial charge in [-0.25, -0.2) is 9.78 Å². The molecule has 3 saturated heterocycles. The summed E-state index contributed by atoms with van der Waals surface area (Å²) >= 11 is 0. The van der Waals surface area contributed by atoms with Crippen molar-refractivity contribution in [3.8, 4) is 5.75 Å². The van der Waals surface area contributed by atoms with Crippen molar-refractivity contribution in [2.24, 2.45) is 11.8 Å². The molecule has 2 aromatic rings. The number of carbonyl (C=O) groups excluding carboxylic acids is 4. The molecule has 43 heavy (non-hydrogen) atoms. The smallest absolute Gasteiger partial charge is 0.409 e. The van der Waals surface area contributed by atoms with E-state index >= 15 is 0 Å². The third kappa shape index (κ3) is 7.54. The van der Waals surface area contributed by atoms with Gasteiger partial charge in [-0.1, -0.05) is 25.5 Å². The lowest BCUT2D eigenvalue weighted by molar-refractivity contribution is -0.135. The highest BCUT2D eigenvalue weighted by Crippen LogP contribution is 2.31. The van der Waals surface area contributed by atoms with Gasteiger partial charge in [-0.05, 0) is 43.9 Å². The number of piperidine rings is 1. The average Bonchev–Trinajstić information content (AvgIpc) is 3.41. The largest absolute Gasteiger partial charge is 0.483 e. The highest BCUT2D eigenvalue weighted by Gasteiger charge is 2.37. The number of hydrogen-bond donors (Lipinski definition) is 1. The first-order chi connectivity index (χ1) is 20.8. The van der Waals surface area contributed by atoms with Gasteiger partial charge in [0, 0.05) is 63.8 Å². The van der Waals surface area contributed by atoms with Crippen LogP contribution in [0, 0.1) is 11.8 Å². The highest BCUT2D eigenvalue weighted by atomic mass is 16.6. The Labute approximate surface area is 252 Å². The molecule has 3 aliphatic rings. The summed E-state index contributed by atoms with van der Waals surface area (Å²) in [6.07, 6.45) is 2.41. The van der Waals surface area contributed by atoms with Crippen LogP contribution in [0.5, 0.6) is 5.75 Å². The van der Waals surface area contributed by atoms with Crippen LogP contribution >= 0.6 is 0 Å². The number of rotatable bonds is 9. The Kier molecular flexibility index (Phi) is 9.96. The summed E-state index contributed by atoms with van der Waals surface area (Å²) in [5.74, 6) is 0.718. The molecular weight excluding hydrogens is 552 g/mol. The quantitative estimate of drug-likeness (QED) is 0.436. The van der Waals surface area contributed by atoms with Crippen molar-refractivity contribution < 1.29 is 28.7 Å². The van der Waals surface area contributed by atoms with Gasteiger partial charge < -0.3 is 34.4 Å². The number of carbonyl (C=O) groups is 4. The van der Waals surface area contributed by atoms with E-state index in [0.29, 0.717) is 61.3 Å². The van der Waals surface area contributed by atoms with Gasteiger partial charge in [-0.3, -0.25) is 14.4 Å². The van der Waals surface area contributed by atoms with Crippen LogP contribution in [0.25, 0.3) is 10.9 Å². The van der Waals surface area contributed by atoms with Gasteiger partial charge in [0.05, 0.1) is 18.7 Å². The predicted octanol–water partition coefficient (Wildman–Crippen LogP) is 1.83. The normalized spacial score (nSPS) is 20.6. The number of likely N-dealkylation sites (tertiary alicyclic amines) is 2. The fraction of sp³-hybridized carbons (Fsp3) is 0.581. The molecule has 1 aromatic heterocycles. The Morgan fingerprint density at radius 3 is 2.47 bits per heavy atom. The number of unbranched alkanes of at least 4 members (excludes halogenated alkanes) is 1. The Balaban J connectivity index is 1.14. The van der Waals surface area contributed by atoms with Crippen LogP contribution in [-0.4, -0.2) is 128 Å². The molecule has 12 heteroatoms. The fourth-order valence-corrected chi connectivity index (χ4v) is 6.13. The van der Waals surface area contributed by atoms with Crippen LogP contribution in [0.1, 0.15) is 36.7 Å². The number of ether oxygens (including phenoxy) is 2. The minimum absolute atomic E-state index is 0.0696. The maximum atomic E-state index is 13.1. The van der Waals surface area contributed by atoms with E-state index in [0.717, 1.165) is 45.4 Å². The van der Waals surface area contributed by atoms with Gasteiger partial charge >= 0.3 is 6.09 Å². The zero-order chi connectivity index (χ0) is 30.3. The molecule has 0 saturated carbocycles. The first-order valence-electron chi connectivity index (χ1n) is 15.3. The number of para-hydroxylation sites is 1. The number of pyridine rings is 1. The summed E-state index contributed by atoms with van der Waals surface area (Å²) in [5.41, 5.74) is 0.657. The van der Waals surface area contributed by atoms with Crippen molar-refractivity contribution in [2.75, 3.05) is 79.2 Å². The molecule has 1 N–H and O–H groups in total. The van der Waals surface area contributed by atoms with Crippen LogP contribution in [-0.2, 0) is 14.3 Å². The molecule has 3 aliphatic heterocycles. The molecule has 4 heterocycles. The van der Waals surface area contributed by atoms with Gasteiger partial charge in [-0.2, -0.15) is 0 Å². The van der Waals surface area contributed by atoms with E-state index in [9.17, 15) is 19.2 Å². The van der Waals surface area contributed by atoms with Crippen molar-refractivity contribution in [3.63, 3.8) is 0 Å².